The molecule has 1 aromatic heterocycles. The van der Waals surface area contributed by atoms with E-state index in [1.165, 1.54) is 28.3 Å². The Kier molecular flexibility index (Phi) is 4.75. The van der Waals surface area contributed by atoms with Gasteiger partial charge >= 0.3 is 0 Å². The molecule has 0 saturated carbocycles. The Hall–Kier alpha value is -2.26. The molecule has 2 aromatic rings. The minimum atomic E-state index is -3.74. The third kappa shape index (κ3) is 3.12. The van der Waals surface area contributed by atoms with Crippen molar-refractivity contribution in [1.29, 1.82) is 0 Å². The Bertz CT molecular complexity index is 1040. The van der Waals surface area contributed by atoms with Crippen molar-refractivity contribution in [3.05, 3.63) is 46.9 Å². The summed E-state index contributed by atoms with van der Waals surface area (Å²) in [4.78, 5) is 14.1. The van der Waals surface area contributed by atoms with E-state index in [-0.39, 0.29) is 28.6 Å². The molecule has 1 fully saturated rings. The van der Waals surface area contributed by atoms with E-state index in [2.05, 4.69) is 0 Å². The molecular weight excluding hydrogens is 390 g/mol. The zero-order chi connectivity index (χ0) is 20.1. The number of nitrogens with zero attached hydrogens (tertiary/aromatic N) is 2. The van der Waals surface area contributed by atoms with Crippen LogP contribution in [-0.2, 0) is 16.4 Å². The molecule has 0 radical (unpaired) electrons. The van der Waals surface area contributed by atoms with Gasteiger partial charge in [0.1, 0.15) is 22.3 Å². The first-order valence-corrected chi connectivity index (χ1v) is 10.6. The zero-order valence-corrected chi connectivity index (χ0v) is 16.2. The van der Waals surface area contributed by atoms with Gasteiger partial charge in [0.2, 0.25) is 10.0 Å². The average molecular weight is 410 g/mol. The highest BCUT2D eigenvalue weighted by atomic mass is 32.2. The normalized spacial score (nSPS) is 17.8. The van der Waals surface area contributed by atoms with Crippen LogP contribution in [-0.4, -0.2) is 38.3 Å². The van der Waals surface area contributed by atoms with Gasteiger partial charge in [-0.3, -0.25) is 4.79 Å². The summed E-state index contributed by atoms with van der Waals surface area (Å²) in [6, 6.07) is 3.16. The molecule has 1 amide bonds. The number of anilines is 1. The molecule has 150 valence electrons. The third-order valence-corrected chi connectivity index (χ3v) is 7.22. The van der Waals surface area contributed by atoms with E-state index in [1.807, 2.05) is 0 Å². The number of amides is 1. The lowest BCUT2D eigenvalue weighted by molar-refractivity contribution is 0.0956. The fraction of sp³-hybridized carbons (Fsp3) is 0.421. The van der Waals surface area contributed by atoms with Crippen LogP contribution in [0.4, 0.5) is 14.5 Å². The summed E-state index contributed by atoms with van der Waals surface area (Å²) in [6.45, 7) is 2.60. The summed E-state index contributed by atoms with van der Waals surface area (Å²) in [6.07, 6.45) is 2.59. The summed E-state index contributed by atoms with van der Waals surface area (Å²) in [5.41, 5.74) is 0.431. The lowest BCUT2D eigenvalue weighted by Gasteiger charge is -2.29. The second-order valence-electron chi connectivity index (χ2n) is 7.10. The predicted molar refractivity (Wildman–Crippen MR) is 97.8 cm³/mol. The summed E-state index contributed by atoms with van der Waals surface area (Å²) >= 11 is 0. The number of carbonyl (C=O) groups excluding carboxylic acids is 1. The molecule has 1 saturated heterocycles. The van der Waals surface area contributed by atoms with Crippen LogP contribution in [0.2, 0.25) is 0 Å². The van der Waals surface area contributed by atoms with Crippen molar-refractivity contribution in [2.75, 3.05) is 24.5 Å². The molecule has 0 aliphatic carbocycles. The van der Waals surface area contributed by atoms with Crippen molar-refractivity contribution in [3.63, 3.8) is 0 Å². The Morgan fingerprint density at radius 1 is 1.07 bits per heavy atom. The number of hydrogen-bond donors (Lipinski definition) is 0. The fourth-order valence-electron chi connectivity index (χ4n) is 3.88. The molecule has 4 rings (SSSR count). The molecule has 28 heavy (non-hydrogen) atoms. The number of aryl methyl sites for hydroxylation is 2. The quantitative estimate of drug-likeness (QED) is 0.779. The van der Waals surface area contributed by atoms with Crippen LogP contribution in [0.3, 0.4) is 0 Å². The van der Waals surface area contributed by atoms with Crippen LogP contribution < -0.4 is 4.90 Å². The Balaban J connectivity index is 1.70. The topological polar surface area (TPSA) is 70.8 Å². The van der Waals surface area contributed by atoms with Crippen LogP contribution in [0.25, 0.3) is 0 Å². The molecular formula is C19H20F2N2O4S. The van der Waals surface area contributed by atoms with E-state index in [4.69, 9.17) is 4.42 Å². The highest BCUT2D eigenvalue weighted by molar-refractivity contribution is 7.89. The predicted octanol–water partition coefficient (Wildman–Crippen LogP) is 3.24. The zero-order valence-electron chi connectivity index (χ0n) is 15.4. The third-order valence-electron chi connectivity index (χ3n) is 5.22. The second kappa shape index (κ2) is 6.97. The maximum Gasteiger partial charge on any atom is 0.294 e. The van der Waals surface area contributed by atoms with Gasteiger partial charge < -0.3 is 9.32 Å². The molecule has 2 aliphatic heterocycles. The van der Waals surface area contributed by atoms with Crippen LogP contribution in [0, 0.1) is 18.6 Å². The van der Waals surface area contributed by atoms with E-state index in [0.717, 1.165) is 18.9 Å². The van der Waals surface area contributed by atoms with Crippen molar-refractivity contribution >= 4 is 21.6 Å². The molecule has 0 unspecified atom stereocenters. The van der Waals surface area contributed by atoms with Crippen molar-refractivity contribution < 1.29 is 26.4 Å². The van der Waals surface area contributed by atoms with E-state index < -0.39 is 27.6 Å². The van der Waals surface area contributed by atoms with Gasteiger partial charge in [-0.25, -0.2) is 17.2 Å². The molecule has 0 atom stereocenters. The minimum absolute atomic E-state index is 0.0238. The van der Waals surface area contributed by atoms with Crippen molar-refractivity contribution in [2.45, 2.75) is 37.5 Å². The number of hydrogen-bond acceptors (Lipinski definition) is 4. The highest BCUT2D eigenvalue weighted by Gasteiger charge is 2.34. The van der Waals surface area contributed by atoms with E-state index >= 15 is 0 Å². The second-order valence-corrected chi connectivity index (χ2v) is 9.00. The largest absolute Gasteiger partial charge is 0.455 e. The monoisotopic (exact) mass is 410 g/mol. The summed E-state index contributed by atoms with van der Waals surface area (Å²) in [5, 5.41) is 0. The van der Waals surface area contributed by atoms with E-state index in [0.29, 0.717) is 31.5 Å². The summed E-state index contributed by atoms with van der Waals surface area (Å²) < 4.78 is 60.3. The number of carbonyl (C=O) groups is 1. The lowest BCUT2D eigenvalue weighted by atomic mass is 10.0. The van der Waals surface area contributed by atoms with Gasteiger partial charge in [0, 0.05) is 31.8 Å². The SMILES string of the molecule is Cc1oc(C(=O)N2CCCc3cc(F)cc(F)c32)cc1S(=O)(=O)N1CCCC1. The smallest absolute Gasteiger partial charge is 0.294 e. The van der Waals surface area contributed by atoms with Gasteiger partial charge in [0.05, 0.1) is 5.69 Å². The van der Waals surface area contributed by atoms with E-state index in [9.17, 15) is 22.0 Å². The van der Waals surface area contributed by atoms with Gasteiger partial charge in [0.15, 0.2) is 5.76 Å². The van der Waals surface area contributed by atoms with Crippen molar-refractivity contribution in [1.82, 2.24) is 4.31 Å². The molecule has 0 spiro atoms. The van der Waals surface area contributed by atoms with Crippen LogP contribution >= 0.6 is 0 Å². The maximum absolute atomic E-state index is 14.4. The van der Waals surface area contributed by atoms with Gasteiger partial charge in [-0.1, -0.05) is 0 Å². The molecule has 2 aliphatic rings. The van der Waals surface area contributed by atoms with E-state index in [1.54, 1.807) is 0 Å². The molecule has 3 heterocycles. The fourth-order valence-corrected chi connectivity index (χ4v) is 5.56. The first-order chi connectivity index (χ1) is 13.3. The number of sulfonamides is 1. The number of fused-ring (bicyclic) bond motifs is 1. The number of furan rings is 1. The van der Waals surface area contributed by atoms with Crippen molar-refractivity contribution in [3.8, 4) is 0 Å². The first kappa shape index (κ1) is 19.1. The number of rotatable bonds is 3. The molecule has 0 bridgehead atoms. The Morgan fingerprint density at radius 2 is 1.79 bits per heavy atom. The average Bonchev–Trinajstić information content (AvgIpc) is 3.30. The van der Waals surface area contributed by atoms with Gasteiger partial charge in [0.25, 0.3) is 5.91 Å². The Labute approximate surface area is 161 Å². The standard InChI is InChI=1S/C19H20F2N2O4S/c1-12-17(28(25,26)22-6-2-3-7-22)11-16(27-12)19(24)23-8-4-5-13-9-14(20)10-15(21)18(13)23/h9-11H,2-8H2,1H3. The Morgan fingerprint density at radius 3 is 2.50 bits per heavy atom. The summed E-state index contributed by atoms with van der Waals surface area (Å²) in [5.74, 6) is -2.22. The van der Waals surface area contributed by atoms with Crippen LogP contribution in [0.1, 0.15) is 41.1 Å². The summed E-state index contributed by atoms with van der Waals surface area (Å²) in [7, 11) is -3.74. The number of halogens is 2. The van der Waals surface area contributed by atoms with Crippen LogP contribution in [0.15, 0.2) is 27.5 Å². The molecule has 6 nitrogen and oxygen atoms in total. The van der Waals surface area contributed by atoms with Gasteiger partial charge in [-0.2, -0.15) is 4.31 Å². The lowest BCUT2D eigenvalue weighted by Crippen LogP contribution is -2.36. The molecule has 0 N–H and O–H groups in total. The maximum atomic E-state index is 14.4. The minimum Gasteiger partial charge on any atom is -0.455 e. The molecule has 9 heteroatoms. The first-order valence-electron chi connectivity index (χ1n) is 9.19. The highest BCUT2D eigenvalue weighted by Crippen LogP contribution is 2.33. The number of benzene rings is 1. The van der Waals surface area contributed by atoms with Crippen molar-refractivity contribution in [2.24, 2.45) is 0 Å². The van der Waals surface area contributed by atoms with Gasteiger partial charge in [-0.15, -0.1) is 0 Å². The van der Waals surface area contributed by atoms with Gasteiger partial charge in [-0.05, 0) is 44.2 Å². The molecule has 1 aromatic carbocycles. The van der Waals surface area contributed by atoms with Crippen LogP contribution in [0.5, 0.6) is 0 Å².